The van der Waals surface area contributed by atoms with E-state index in [-0.39, 0.29) is 31.5 Å². The van der Waals surface area contributed by atoms with Crippen LogP contribution in [0, 0.1) is 0 Å². The lowest BCUT2D eigenvalue weighted by Gasteiger charge is -2.24. The van der Waals surface area contributed by atoms with E-state index in [9.17, 15) is 9.13 Å². The number of benzene rings is 1. The highest BCUT2D eigenvalue weighted by Crippen LogP contribution is 2.66. The first-order chi connectivity index (χ1) is 12.9. The Bertz CT molecular complexity index is 686. The van der Waals surface area contributed by atoms with Gasteiger partial charge in [0.05, 0.1) is 31.5 Å². The van der Waals surface area contributed by atoms with Gasteiger partial charge in [-0.25, -0.2) is 4.99 Å². The largest absolute Gasteiger partial charge is 0.388 e. The van der Waals surface area contributed by atoms with Crippen molar-refractivity contribution >= 4 is 37.0 Å². The monoisotopic (exact) mass is 437 g/mol. The Kier molecular flexibility index (Phi) is 10.7. The van der Waals surface area contributed by atoms with Crippen molar-refractivity contribution in [3.05, 3.63) is 42.1 Å². The average Bonchev–Trinajstić information content (AvgIpc) is 2.63. The van der Waals surface area contributed by atoms with E-state index in [1.165, 1.54) is 6.20 Å². The smallest absolute Gasteiger partial charge is 0.304 e. The first kappa shape index (κ1) is 24.3. The maximum absolute atomic E-state index is 13.3. The Morgan fingerprint density at radius 2 is 1.30 bits per heavy atom. The molecule has 152 valence electrons. The third-order valence-corrected chi connectivity index (χ3v) is 8.42. The third kappa shape index (κ3) is 6.95. The van der Waals surface area contributed by atoms with Gasteiger partial charge in [0.2, 0.25) is 5.19 Å². The molecule has 7 nitrogen and oxygen atoms in total. The SMILES string of the molecule is CCOP(=O)(OCC)C(=N/C=C(\Cl)c1ccccc1)P(=O)(OCC)OCC. The Morgan fingerprint density at radius 1 is 0.889 bits per heavy atom. The molecule has 0 amide bonds. The van der Waals surface area contributed by atoms with Gasteiger partial charge in [0, 0.05) is 6.20 Å². The van der Waals surface area contributed by atoms with E-state index in [0.717, 1.165) is 0 Å². The molecule has 0 radical (unpaired) electrons. The molecular formula is C17H26ClNO6P2. The molecule has 0 aliphatic rings. The summed E-state index contributed by atoms with van der Waals surface area (Å²) in [5.41, 5.74) is 0.688. The lowest BCUT2D eigenvalue weighted by molar-refractivity contribution is 0.224. The van der Waals surface area contributed by atoms with E-state index in [0.29, 0.717) is 5.56 Å². The minimum absolute atomic E-state index is 0.0602. The number of aliphatic imine (C=N–C) groups is 1. The van der Waals surface area contributed by atoms with Crippen LogP contribution in [0.15, 0.2) is 41.5 Å². The summed E-state index contributed by atoms with van der Waals surface area (Å²) in [5, 5.41) is -0.163. The summed E-state index contributed by atoms with van der Waals surface area (Å²) in [7, 11) is -8.05. The average molecular weight is 438 g/mol. The zero-order chi connectivity index (χ0) is 20.3. The summed E-state index contributed by atoms with van der Waals surface area (Å²) in [5.74, 6) is 0. The van der Waals surface area contributed by atoms with Crippen LogP contribution >= 0.6 is 26.8 Å². The molecule has 0 N–H and O–H groups in total. The van der Waals surface area contributed by atoms with Gasteiger partial charge in [-0.1, -0.05) is 41.9 Å². The van der Waals surface area contributed by atoms with E-state index >= 15 is 0 Å². The molecule has 0 saturated carbocycles. The molecule has 1 aromatic carbocycles. The second-order valence-electron chi connectivity index (χ2n) is 4.94. The summed E-state index contributed by atoms with van der Waals surface area (Å²) < 4.78 is 47.8. The molecule has 0 fully saturated rings. The highest BCUT2D eigenvalue weighted by molar-refractivity contribution is 7.98. The predicted octanol–water partition coefficient (Wildman–Crippen LogP) is 6.11. The van der Waals surface area contributed by atoms with Crippen LogP contribution in [0.5, 0.6) is 0 Å². The van der Waals surface area contributed by atoms with Crippen molar-refractivity contribution in [2.75, 3.05) is 26.4 Å². The van der Waals surface area contributed by atoms with Crippen LogP contribution in [0.2, 0.25) is 0 Å². The first-order valence-electron chi connectivity index (χ1n) is 8.65. The van der Waals surface area contributed by atoms with E-state index < -0.39 is 20.4 Å². The molecule has 0 bridgehead atoms. The molecule has 1 aromatic rings. The molecule has 0 spiro atoms. The summed E-state index contributed by atoms with van der Waals surface area (Å²) in [6.07, 6.45) is 1.24. The highest BCUT2D eigenvalue weighted by atomic mass is 35.5. The van der Waals surface area contributed by atoms with Gasteiger partial charge < -0.3 is 18.1 Å². The molecular weight excluding hydrogens is 412 g/mol. The van der Waals surface area contributed by atoms with Gasteiger partial charge in [-0.15, -0.1) is 0 Å². The van der Waals surface area contributed by atoms with Gasteiger partial charge in [-0.2, -0.15) is 0 Å². The van der Waals surface area contributed by atoms with E-state index in [2.05, 4.69) is 4.99 Å². The minimum atomic E-state index is -4.02. The fourth-order valence-corrected chi connectivity index (χ4v) is 6.50. The normalized spacial score (nSPS) is 12.9. The zero-order valence-corrected chi connectivity index (χ0v) is 18.5. The number of hydrogen-bond donors (Lipinski definition) is 0. The summed E-state index contributed by atoms with van der Waals surface area (Å²) >= 11 is 6.27. The second-order valence-corrected chi connectivity index (χ2v) is 9.57. The fraction of sp³-hybridized carbons (Fsp3) is 0.471. The lowest BCUT2D eigenvalue weighted by atomic mass is 10.2. The molecule has 10 heteroatoms. The molecule has 27 heavy (non-hydrogen) atoms. The Balaban J connectivity index is 3.52. The van der Waals surface area contributed by atoms with Crippen molar-refractivity contribution in [3.8, 4) is 0 Å². The van der Waals surface area contributed by atoms with Crippen LogP contribution < -0.4 is 0 Å². The van der Waals surface area contributed by atoms with Crippen molar-refractivity contribution in [2.24, 2.45) is 4.99 Å². The van der Waals surface area contributed by atoms with E-state index in [4.69, 9.17) is 29.7 Å². The van der Waals surface area contributed by atoms with Gasteiger partial charge in [0.15, 0.2) is 0 Å². The van der Waals surface area contributed by atoms with Gasteiger partial charge in [-0.05, 0) is 33.3 Å². The maximum Gasteiger partial charge on any atom is 0.388 e. The summed E-state index contributed by atoms with van der Waals surface area (Å²) in [4.78, 5) is 4.12. The predicted molar refractivity (Wildman–Crippen MR) is 109 cm³/mol. The van der Waals surface area contributed by atoms with Crippen molar-refractivity contribution in [1.29, 1.82) is 0 Å². The first-order valence-corrected chi connectivity index (χ1v) is 12.1. The highest BCUT2D eigenvalue weighted by Gasteiger charge is 2.47. The lowest BCUT2D eigenvalue weighted by Crippen LogP contribution is -2.12. The van der Waals surface area contributed by atoms with Crippen molar-refractivity contribution < 1.29 is 27.2 Å². The fourth-order valence-electron chi connectivity index (χ4n) is 2.06. The Labute approximate surface area is 165 Å². The molecule has 0 aliphatic heterocycles. The quantitative estimate of drug-likeness (QED) is 0.289. The van der Waals surface area contributed by atoms with Gasteiger partial charge >= 0.3 is 15.2 Å². The third-order valence-electron chi connectivity index (χ3n) is 3.03. The van der Waals surface area contributed by atoms with Crippen LogP contribution in [0.3, 0.4) is 0 Å². The number of hydrogen-bond acceptors (Lipinski definition) is 7. The van der Waals surface area contributed by atoms with E-state index in [1.54, 1.807) is 39.8 Å². The number of halogens is 1. The van der Waals surface area contributed by atoms with Crippen LogP contribution in [0.4, 0.5) is 0 Å². The zero-order valence-electron chi connectivity index (χ0n) is 16.0. The maximum atomic E-state index is 13.3. The number of rotatable bonds is 12. The van der Waals surface area contributed by atoms with Crippen LogP contribution in [-0.2, 0) is 27.2 Å². The molecule has 0 heterocycles. The van der Waals surface area contributed by atoms with Crippen LogP contribution in [0.25, 0.3) is 5.03 Å². The Hall–Kier alpha value is -0.780. The summed E-state index contributed by atoms with van der Waals surface area (Å²) in [6, 6.07) is 9.03. The van der Waals surface area contributed by atoms with Gasteiger partial charge in [0.1, 0.15) is 0 Å². The molecule has 0 unspecified atom stereocenters. The second kappa shape index (κ2) is 11.9. The van der Waals surface area contributed by atoms with Crippen LogP contribution in [0.1, 0.15) is 33.3 Å². The summed E-state index contributed by atoms with van der Waals surface area (Å²) in [6.45, 7) is 6.81. The van der Waals surface area contributed by atoms with E-state index in [1.807, 2.05) is 18.2 Å². The minimum Gasteiger partial charge on any atom is -0.304 e. The number of nitrogens with zero attached hydrogens (tertiary/aromatic N) is 1. The van der Waals surface area contributed by atoms with Crippen molar-refractivity contribution in [3.63, 3.8) is 0 Å². The molecule has 1 rings (SSSR count). The molecule has 0 aliphatic carbocycles. The van der Waals surface area contributed by atoms with Crippen molar-refractivity contribution in [2.45, 2.75) is 27.7 Å². The van der Waals surface area contributed by atoms with Crippen LogP contribution in [-0.4, -0.2) is 31.6 Å². The van der Waals surface area contributed by atoms with Gasteiger partial charge in [0.25, 0.3) is 0 Å². The molecule has 0 atom stereocenters. The Morgan fingerprint density at radius 3 is 1.67 bits per heavy atom. The standard InChI is InChI=1S/C17H26ClNO6P2/c1-5-22-26(20,23-6-2)17(27(21,24-7-3)25-8-4)19-14-16(18)15-12-10-9-11-13-15/h9-14H,5-8H2,1-4H3/b16-14-. The van der Waals surface area contributed by atoms with Gasteiger partial charge in [-0.3, -0.25) is 9.13 Å². The molecule has 0 saturated heterocycles. The molecule has 0 aromatic heterocycles. The topological polar surface area (TPSA) is 83.4 Å². The van der Waals surface area contributed by atoms with Crippen molar-refractivity contribution in [1.82, 2.24) is 0 Å².